The SMILES string of the molecule is CCOC(=O)/C(=C/C=C(\OC)C(=O)c1ccccc1)N(C)C. The molecule has 0 N–H and O–H groups in total. The Morgan fingerprint density at radius 1 is 1.14 bits per heavy atom. The number of nitrogens with zero attached hydrogens (tertiary/aromatic N) is 1. The Hall–Kier alpha value is -2.56. The number of carbonyl (C=O) groups excluding carboxylic acids is 2. The van der Waals surface area contributed by atoms with Gasteiger partial charge in [0, 0.05) is 19.7 Å². The maximum absolute atomic E-state index is 12.3. The van der Waals surface area contributed by atoms with Crippen LogP contribution in [-0.2, 0) is 14.3 Å². The summed E-state index contributed by atoms with van der Waals surface area (Å²) in [4.78, 5) is 25.8. The van der Waals surface area contributed by atoms with Crippen molar-refractivity contribution in [3.05, 3.63) is 59.5 Å². The van der Waals surface area contributed by atoms with Gasteiger partial charge in [-0.1, -0.05) is 30.3 Å². The molecule has 1 rings (SSSR count). The summed E-state index contributed by atoms with van der Waals surface area (Å²) >= 11 is 0. The van der Waals surface area contributed by atoms with Crippen molar-refractivity contribution in [3.8, 4) is 0 Å². The van der Waals surface area contributed by atoms with Crippen molar-refractivity contribution in [2.75, 3.05) is 27.8 Å². The highest BCUT2D eigenvalue weighted by atomic mass is 16.5. The number of hydrogen-bond acceptors (Lipinski definition) is 5. The Bertz CT molecular complexity index is 574. The van der Waals surface area contributed by atoms with Crippen LogP contribution in [0.1, 0.15) is 17.3 Å². The average Bonchev–Trinajstić information content (AvgIpc) is 2.51. The number of ether oxygens (including phenoxy) is 2. The number of hydrogen-bond donors (Lipinski definition) is 0. The van der Waals surface area contributed by atoms with Crippen LogP contribution in [0, 0.1) is 0 Å². The molecule has 1 aromatic rings. The summed E-state index contributed by atoms with van der Waals surface area (Å²) in [7, 11) is 4.87. The second-order valence-corrected chi connectivity index (χ2v) is 4.60. The van der Waals surface area contributed by atoms with Crippen molar-refractivity contribution in [3.63, 3.8) is 0 Å². The smallest absolute Gasteiger partial charge is 0.354 e. The molecule has 0 amide bonds. The fourth-order valence-electron chi connectivity index (χ4n) is 1.73. The van der Waals surface area contributed by atoms with E-state index in [4.69, 9.17) is 9.47 Å². The fourth-order valence-corrected chi connectivity index (χ4v) is 1.73. The van der Waals surface area contributed by atoms with Crippen molar-refractivity contribution in [1.82, 2.24) is 4.90 Å². The number of rotatable bonds is 7. The summed E-state index contributed by atoms with van der Waals surface area (Å²) < 4.78 is 10.1. The molecule has 0 aromatic heterocycles. The molecule has 0 spiro atoms. The first kappa shape index (κ1) is 17.5. The maximum Gasteiger partial charge on any atom is 0.354 e. The van der Waals surface area contributed by atoms with Crippen LogP contribution >= 0.6 is 0 Å². The van der Waals surface area contributed by atoms with E-state index in [1.165, 1.54) is 19.3 Å². The number of methoxy groups -OCH3 is 1. The van der Waals surface area contributed by atoms with Crippen LogP contribution in [-0.4, -0.2) is 44.5 Å². The normalized spacial score (nSPS) is 11.8. The molecule has 0 heterocycles. The van der Waals surface area contributed by atoms with E-state index in [1.54, 1.807) is 50.2 Å². The largest absolute Gasteiger partial charge is 0.493 e. The molecular weight excluding hydrogens is 282 g/mol. The number of Topliss-reactive ketones (excluding diaryl/α,β-unsaturated/α-hetero) is 1. The van der Waals surface area contributed by atoms with Gasteiger partial charge in [0.05, 0.1) is 13.7 Å². The first-order valence-electron chi connectivity index (χ1n) is 6.91. The zero-order chi connectivity index (χ0) is 16.5. The van der Waals surface area contributed by atoms with Crippen molar-refractivity contribution in [2.24, 2.45) is 0 Å². The summed E-state index contributed by atoms with van der Waals surface area (Å²) in [6.07, 6.45) is 2.99. The summed E-state index contributed by atoms with van der Waals surface area (Å²) in [6, 6.07) is 8.80. The summed E-state index contributed by atoms with van der Waals surface area (Å²) in [5, 5.41) is 0. The van der Waals surface area contributed by atoms with Gasteiger partial charge in [0.2, 0.25) is 5.78 Å². The molecule has 5 heteroatoms. The van der Waals surface area contributed by atoms with Gasteiger partial charge in [-0.05, 0) is 19.1 Å². The van der Waals surface area contributed by atoms with E-state index in [1.807, 2.05) is 6.07 Å². The average molecular weight is 303 g/mol. The molecule has 5 nitrogen and oxygen atoms in total. The molecule has 0 aliphatic carbocycles. The summed E-state index contributed by atoms with van der Waals surface area (Å²) in [5.74, 6) is -0.553. The minimum atomic E-state index is -0.452. The molecule has 0 atom stereocenters. The predicted molar refractivity (Wildman–Crippen MR) is 84.3 cm³/mol. The van der Waals surface area contributed by atoms with Gasteiger partial charge in [-0.15, -0.1) is 0 Å². The number of allylic oxidation sites excluding steroid dienone is 3. The highest BCUT2D eigenvalue weighted by molar-refractivity contribution is 6.07. The molecule has 1 aromatic carbocycles. The fraction of sp³-hybridized carbons (Fsp3) is 0.294. The Balaban J connectivity index is 3.06. The summed E-state index contributed by atoms with van der Waals surface area (Å²) in [6.45, 7) is 2.02. The van der Waals surface area contributed by atoms with Gasteiger partial charge in [-0.25, -0.2) is 4.79 Å². The highest BCUT2D eigenvalue weighted by Crippen LogP contribution is 2.11. The van der Waals surface area contributed by atoms with Crippen LogP contribution in [0.2, 0.25) is 0 Å². The van der Waals surface area contributed by atoms with Gasteiger partial charge in [-0.3, -0.25) is 4.79 Å². The molecule has 0 aliphatic rings. The van der Waals surface area contributed by atoms with Gasteiger partial charge in [-0.2, -0.15) is 0 Å². The third-order valence-corrected chi connectivity index (χ3v) is 2.84. The van der Waals surface area contributed by atoms with E-state index >= 15 is 0 Å². The zero-order valence-corrected chi connectivity index (χ0v) is 13.3. The molecule has 22 heavy (non-hydrogen) atoms. The Morgan fingerprint density at radius 2 is 1.77 bits per heavy atom. The molecule has 0 fully saturated rings. The Kier molecular flexibility index (Phi) is 6.89. The quantitative estimate of drug-likeness (QED) is 0.254. The van der Waals surface area contributed by atoms with Crippen molar-refractivity contribution >= 4 is 11.8 Å². The van der Waals surface area contributed by atoms with Crippen LogP contribution in [0.25, 0.3) is 0 Å². The molecule has 0 aliphatic heterocycles. The number of ketones is 1. The monoisotopic (exact) mass is 303 g/mol. The Morgan fingerprint density at radius 3 is 2.27 bits per heavy atom. The molecular formula is C17H21NO4. The van der Waals surface area contributed by atoms with Crippen LogP contribution in [0.4, 0.5) is 0 Å². The van der Waals surface area contributed by atoms with Gasteiger partial charge in [0.15, 0.2) is 5.76 Å². The third-order valence-electron chi connectivity index (χ3n) is 2.84. The van der Waals surface area contributed by atoms with E-state index in [0.717, 1.165) is 0 Å². The molecule has 0 saturated carbocycles. The molecule has 118 valence electrons. The van der Waals surface area contributed by atoms with Crippen LogP contribution in [0.5, 0.6) is 0 Å². The van der Waals surface area contributed by atoms with Crippen LogP contribution in [0.3, 0.4) is 0 Å². The van der Waals surface area contributed by atoms with Gasteiger partial charge in [0.25, 0.3) is 0 Å². The van der Waals surface area contributed by atoms with E-state index in [9.17, 15) is 9.59 Å². The first-order valence-corrected chi connectivity index (χ1v) is 6.91. The predicted octanol–water partition coefficient (Wildman–Crippen LogP) is 2.41. The standard InChI is InChI=1S/C17H21NO4/c1-5-22-17(20)14(18(2)3)11-12-15(21-4)16(19)13-9-7-6-8-10-13/h6-12H,5H2,1-4H3/b14-11-,15-12-. The van der Waals surface area contributed by atoms with Gasteiger partial charge < -0.3 is 14.4 Å². The number of carbonyl (C=O) groups is 2. The lowest BCUT2D eigenvalue weighted by molar-refractivity contribution is -0.140. The number of likely N-dealkylation sites (N-methyl/N-ethyl adjacent to an activating group) is 1. The van der Waals surface area contributed by atoms with Crippen molar-refractivity contribution in [1.29, 1.82) is 0 Å². The van der Waals surface area contributed by atoms with E-state index in [2.05, 4.69) is 0 Å². The van der Waals surface area contributed by atoms with E-state index < -0.39 is 5.97 Å². The second-order valence-electron chi connectivity index (χ2n) is 4.60. The van der Waals surface area contributed by atoms with Crippen molar-refractivity contribution in [2.45, 2.75) is 6.92 Å². The van der Waals surface area contributed by atoms with E-state index in [0.29, 0.717) is 11.3 Å². The van der Waals surface area contributed by atoms with E-state index in [-0.39, 0.29) is 18.1 Å². The Labute approximate surface area is 130 Å². The lowest BCUT2D eigenvalue weighted by atomic mass is 10.1. The number of esters is 1. The minimum absolute atomic E-state index is 0.148. The third kappa shape index (κ3) is 4.77. The maximum atomic E-state index is 12.3. The lowest BCUT2D eigenvalue weighted by Gasteiger charge is -2.15. The number of benzene rings is 1. The van der Waals surface area contributed by atoms with Crippen LogP contribution < -0.4 is 0 Å². The highest BCUT2D eigenvalue weighted by Gasteiger charge is 2.14. The first-order chi connectivity index (χ1) is 10.5. The lowest BCUT2D eigenvalue weighted by Crippen LogP contribution is -2.21. The van der Waals surface area contributed by atoms with Gasteiger partial charge >= 0.3 is 5.97 Å². The molecule has 0 unspecified atom stereocenters. The second kappa shape index (κ2) is 8.67. The minimum Gasteiger partial charge on any atom is -0.493 e. The van der Waals surface area contributed by atoms with Gasteiger partial charge in [0.1, 0.15) is 5.70 Å². The summed E-state index contributed by atoms with van der Waals surface area (Å²) in [5.41, 5.74) is 0.851. The van der Waals surface area contributed by atoms with Crippen LogP contribution in [0.15, 0.2) is 53.9 Å². The zero-order valence-electron chi connectivity index (χ0n) is 13.3. The molecule has 0 bridgehead atoms. The molecule has 0 saturated heterocycles. The topological polar surface area (TPSA) is 55.8 Å². The van der Waals surface area contributed by atoms with Crippen molar-refractivity contribution < 1.29 is 19.1 Å². The molecule has 0 radical (unpaired) electrons.